The number of ether oxygens (including phenoxy) is 2. The molecule has 66 heavy (non-hydrogen) atoms. The molecule has 1 aliphatic heterocycles. The van der Waals surface area contributed by atoms with Crippen molar-refractivity contribution in [2.24, 2.45) is 28.5 Å². The summed E-state index contributed by atoms with van der Waals surface area (Å²) in [7, 11) is 1.43. The minimum Gasteiger partial charge on any atom is -0.492 e. The maximum absolute atomic E-state index is 14.7. The molecule has 2 heterocycles. The van der Waals surface area contributed by atoms with Crippen LogP contribution in [-0.2, 0) is 25.6 Å². The lowest BCUT2D eigenvalue weighted by molar-refractivity contribution is -0.141. The maximum atomic E-state index is 14.7. The van der Waals surface area contributed by atoms with E-state index in [1.165, 1.54) is 18.9 Å². The number of nitrogens with one attached hydrogen (secondary N) is 4. The van der Waals surface area contributed by atoms with Crippen LogP contribution in [0.3, 0.4) is 0 Å². The summed E-state index contributed by atoms with van der Waals surface area (Å²) >= 11 is 0. The van der Waals surface area contributed by atoms with Crippen LogP contribution < -0.4 is 47.9 Å². The highest BCUT2D eigenvalue weighted by Crippen LogP contribution is 2.41. The highest BCUT2D eigenvalue weighted by molar-refractivity contribution is 6.00. The van der Waals surface area contributed by atoms with Crippen molar-refractivity contribution in [2.45, 2.75) is 97.8 Å². The van der Waals surface area contributed by atoms with E-state index in [0.717, 1.165) is 24.8 Å². The molecule has 3 aromatic rings. The van der Waals surface area contributed by atoms with Crippen LogP contribution >= 0.6 is 0 Å². The third-order valence-corrected chi connectivity index (χ3v) is 12.0. The Morgan fingerprint density at radius 3 is 2.15 bits per heavy atom. The monoisotopic (exact) mass is 908 g/mol. The lowest BCUT2D eigenvalue weighted by Crippen LogP contribution is -2.56. The van der Waals surface area contributed by atoms with Crippen molar-refractivity contribution < 1.29 is 33.4 Å². The zero-order chi connectivity index (χ0) is 48.3. The number of nitrogens with two attached hydrogens (primary N) is 3. The number of benzene rings is 2. The van der Waals surface area contributed by atoms with E-state index >= 15 is 0 Å². The first-order valence-corrected chi connectivity index (χ1v) is 22.4. The number of nitrogens with zero attached hydrogens (tertiary/aromatic N) is 4. The number of hydrogen-bond donors (Lipinski definition) is 7. The van der Waals surface area contributed by atoms with Crippen molar-refractivity contribution in [2.75, 3.05) is 46.4 Å². The van der Waals surface area contributed by atoms with Crippen molar-refractivity contribution in [3.05, 3.63) is 76.4 Å². The number of carbonyl (C=O) groups excluding carboxylic acids is 5. The highest BCUT2D eigenvalue weighted by Gasteiger charge is 2.37. The van der Waals surface area contributed by atoms with Gasteiger partial charge in [-0.3, -0.25) is 24.0 Å². The molecule has 1 aromatic heterocycles. The largest absolute Gasteiger partial charge is 0.492 e. The third-order valence-electron chi connectivity index (χ3n) is 12.0. The summed E-state index contributed by atoms with van der Waals surface area (Å²) in [6.45, 7) is 12.1. The van der Waals surface area contributed by atoms with Gasteiger partial charge in [-0.2, -0.15) is 5.26 Å². The van der Waals surface area contributed by atoms with E-state index in [-0.39, 0.29) is 63.2 Å². The molecule has 5 rings (SSSR count). The average Bonchev–Trinajstić information content (AvgIpc) is 3.28. The molecular weight excluding hydrogens is 843 g/mol. The molecule has 5 amide bonds. The van der Waals surface area contributed by atoms with E-state index in [1.807, 2.05) is 6.07 Å². The van der Waals surface area contributed by atoms with Crippen molar-refractivity contribution in [1.29, 1.82) is 5.26 Å². The van der Waals surface area contributed by atoms with Gasteiger partial charge < -0.3 is 52.8 Å². The van der Waals surface area contributed by atoms with Gasteiger partial charge in [0.15, 0.2) is 5.82 Å². The van der Waals surface area contributed by atoms with Gasteiger partial charge in [0.25, 0.3) is 5.91 Å². The fourth-order valence-electron chi connectivity index (χ4n) is 8.37. The molecule has 0 fully saturated rings. The van der Waals surface area contributed by atoms with Gasteiger partial charge >= 0.3 is 0 Å². The fourth-order valence-corrected chi connectivity index (χ4v) is 8.37. The quantitative estimate of drug-likeness (QED) is 0.108. The lowest BCUT2D eigenvalue weighted by atomic mass is 9.73. The van der Waals surface area contributed by atoms with E-state index in [1.54, 1.807) is 50.2 Å². The van der Waals surface area contributed by atoms with Crippen LogP contribution in [0.15, 0.2) is 42.5 Å². The number of likely N-dealkylation sites (N-methyl/N-ethyl adjacent to an activating group) is 1. The number of hydrogen-bond acceptors (Lipinski definition) is 13. The predicted octanol–water partition coefficient (Wildman–Crippen LogP) is 2.50. The second-order valence-corrected chi connectivity index (χ2v) is 17.8. The zero-order valence-corrected chi connectivity index (χ0v) is 39.1. The predicted molar refractivity (Wildman–Crippen MR) is 250 cm³/mol. The number of carbonyl (C=O) groups is 5. The summed E-state index contributed by atoms with van der Waals surface area (Å²) in [5.41, 5.74) is 22.0. The number of aryl methyl sites for hydroxylation is 2. The van der Waals surface area contributed by atoms with E-state index < -0.39 is 53.7 Å². The summed E-state index contributed by atoms with van der Waals surface area (Å²) in [6, 6.07) is 7.11. The standard InChI is InChI=1S/C48H65N11O7/c1-27-40(28(2)55-42(54-27)31-9-12-33(13-10-31)48(4,5)6)45(62)57-36(16-17-49)47(64)59(7)41-32-11-15-39(66-23-20-52)35(26-32)34-24-30(8-14-38(34)65-22-19-51)25-37(44(61)53-21-18-50)58-43(60)29(3)56-46(41)63/h8-9,11,14-15,24,26,29,33,36-37,41H,10,12-13,16-17,19-23,25,49,51-52H2,1-7H3,(H,53,61)(H,56,63)(H,57,62)(H,58,60)/t29-,33?,36-,37-,41-/m0/s1. The number of rotatable bonds is 15. The molecule has 0 saturated heterocycles. The first-order valence-electron chi connectivity index (χ1n) is 22.4. The van der Waals surface area contributed by atoms with E-state index in [4.69, 9.17) is 36.6 Å². The molecule has 5 atom stereocenters. The summed E-state index contributed by atoms with van der Waals surface area (Å²) in [4.78, 5) is 81.3. The van der Waals surface area contributed by atoms with Crippen molar-refractivity contribution in [3.8, 4) is 28.7 Å². The molecule has 0 spiro atoms. The lowest BCUT2D eigenvalue weighted by Gasteiger charge is -2.33. The van der Waals surface area contributed by atoms with Crippen LogP contribution in [0.4, 0.5) is 0 Å². The highest BCUT2D eigenvalue weighted by atomic mass is 16.5. The van der Waals surface area contributed by atoms with Crippen LogP contribution in [0.25, 0.3) is 16.7 Å². The van der Waals surface area contributed by atoms with Gasteiger partial charge in [-0.25, -0.2) is 9.97 Å². The molecule has 1 unspecified atom stereocenters. The molecule has 10 N–H and O–H groups in total. The van der Waals surface area contributed by atoms with Crippen molar-refractivity contribution in [1.82, 2.24) is 36.1 Å². The third kappa shape index (κ3) is 12.3. The number of aromatic nitrogens is 2. The Hall–Kier alpha value is -6.42. The Bertz CT molecular complexity index is 2330. The van der Waals surface area contributed by atoms with Crippen LogP contribution in [0, 0.1) is 36.5 Å². The molecule has 4 bridgehead atoms. The van der Waals surface area contributed by atoms with Crippen LogP contribution in [0.5, 0.6) is 11.5 Å². The van der Waals surface area contributed by atoms with Crippen molar-refractivity contribution >= 4 is 35.1 Å². The molecular formula is C48H65N11O7. The first kappa shape index (κ1) is 50.6. The summed E-state index contributed by atoms with van der Waals surface area (Å²) in [5, 5.41) is 20.0. The minimum atomic E-state index is -1.39. The van der Waals surface area contributed by atoms with Gasteiger partial charge in [-0.1, -0.05) is 39.0 Å². The first-order chi connectivity index (χ1) is 31.4. The number of allylic oxidation sites excluding steroid dienone is 2. The Morgan fingerprint density at radius 1 is 0.939 bits per heavy atom. The minimum absolute atomic E-state index is 0.00603. The smallest absolute Gasteiger partial charge is 0.255 e. The van der Waals surface area contributed by atoms with Crippen molar-refractivity contribution in [3.63, 3.8) is 0 Å². The Labute approximate surface area is 386 Å². The number of nitriles is 1. The van der Waals surface area contributed by atoms with Gasteiger partial charge in [0, 0.05) is 37.7 Å². The molecule has 0 radical (unpaired) electrons. The summed E-state index contributed by atoms with van der Waals surface area (Å²) in [6.07, 6.45) is 4.96. The molecule has 18 nitrogen and oxygen atoms in total. The van der Waals surface area contributed by atoms with Gasteiger partial charge in [0.1, 0.15) is 55.4 Å². The zero-order valence-electron chi connectivity index (χ0n) is 39.1. The summed E-state index contributed by atoms with van der Waals surface area (Å²) < 4.78 is 12.2. The van der Waals surface area contributed by atoms with Gasteiger partial charge in [0.2, 0.25) is 23.6 Å². The Kier molecular flexibility index (Phi) is 17.4. The Morgan fingerprint density at radius 2 is 1.58 bits per heavy atom. The molecule has 18 heteroatoms. The average molecular weight is 908 g/mol. The number of amides is 5. The van der Waals surface area contributed by atoms with E-state index in [0.29, 0.717) is 56.9 Å². The second kappa shape index (κ2) is 22.7. The summed E-state index contributed by atoms with van der Waals surface area (Å²) in [5.74, 6) is -1.38. The molecule has 354 valence electrons. The maximum Gasteiger partial charge on any atom is 0.255 e. The van der Waals surface area contributed by atoms with Crippen LogP contribution in [0.1, 0.15) is 98.1 Å². The van der Waals surface area contributed by atoms with Gasteiger partial charge in [-0.05, 0) is 105 Å². The second-order valence-electron chi connectivity index (χ2n) is 17.8. The fraction of sp³-hybridized carbons (Fsp3) is 0.500. The Balaban J connectivity index is 1.56. The van der Waals surface area contributed by atoms with Gasteiger partial charge in [-0.15, -0.1) is 0 Å². The molecule has 1 aliphatic carbocycles. The van der Waals surface area contributed by atoms with E-state index in [9.17, 15) is 29.2 Å². The van der Waals surface area contributed by atoms with Crippen LogP contribution in [0.2, 0.25) is 0 Å². The molecule has 2 aliphatic rings. The SMILES string of the molecule is Cc1nc(C2=CCC(C(C)(C)C)CC2)nc(C)c1C(=O)N[C@@H](CCN)C(=O)N(C)[C@@H]1C(=O)N[C@@H](C)C(=O)N[C@H](C(=O)NCC#N)Cc2ccc(OCCN)c(c2)-c2cc1ccc2OCCN. The topological polar surface area (TPSA) is 283 Å². The normalized spacial score (nSPS) is 19.1. The van der Waals surface area contributed by atoms with Crippen LogP contribution in [-0.4, -0.2) is 109 Å². The van der Waals surface area contributed by atoms with Gasteiger partial charge in [0.05, 0.1) is 23.0 Å². The molecule has 0 saturated carbocycles. The number of fused-ring (bicyclic) bond motifs is 5. The molecule has 2 aromatic carbocycles. The van der Waals surface area contributed by atoms with E-state index in [2.05, 4.69) is 48.1 Å².